The van der Waals surface area contributed by atoms with E-state index in [-0.39, 0.29) is 11.8 Å². The second-order valence-corrected chi connectivity index (χ2v) is 9.06. The number of amidine groups is 1. The van der Waals surface area contributed by atoms with Gasteiger partial charge in [0.25, 0.3) is 6.02 Å². The Balaban J connectivity index is 1.62. The molecule has 4 aromatic carbocycles. The van der Waals surface area contributed by atoms with E-state index in [9.17, 15) is 4.79 Å². The summed E-state index contributed by atoms with van der Waals surface area (Å²) >= 11 is 0. The van der Waals surface area contributed by atoms with Crippen molar-refractivity contribution in [2.45, 2.75) is 27.7 Å². The van der Waals surface area contributed by atoms with Crippen LogP contribution in [0.15, 0.2) is 108 Å². The molecule has 5 nitrogen and oxygen atoms in total. The van der Waals surface area contributed by atoms with Crippen LogP contribution in [0.2, 0.25) is 0 Å². The van der Waals surface area contributed by atoms with Gasteiger partial charge in [-0.3, -0.25) is 4.79 Å². The average Bonchev–Trinajstić information content (AvgIpc) is 2.92. The molecule has 0 aliphatic heterocycles. The number of rotatable bonds is 8. The molecule has 0 aliphatic carbocycles. The third-order valence-corrected chi connectivity index (χ3v) is 6.00. The van der Waals surface area contributed by atoms with Crippen molar-refractivity contribution >= 4 is 41.1 Å². The maximum Gasteiger partial charge on any atom is 0.295 e. The van der Waals surface area contributed by atoms with Crippen molar-refractivity contribution in [1.82, 2.24) is 5.32 Å². The predicted molar refractivity (Wildman–Crippen MR) is 158 cm³/mol. The summed E-state index contributed by atoms with van der Waals surface area (Å²) in [6.07, 6.45) is 2.42. The summed E-state index contributed by atoms with van der Waals surface area (Å²) in [4.78, 5) is 18.8. The number of para-hydroxylation sites is 2. The molecule has 38 heavy (non-hydrogen) atoms. The Morgan fingerprint density at radius 3 is 1.84 bits per heavy atom. The molecule has 0 saturated carbocycles. The number of benzene rings is 4. The minimum atomic E-state index is 0.169. The van der Waals surface area contributed by atoms with Crippen molar-refractivity contribution in [3.63, 3.8) is 0 Å². The summed E-state index contributed by atoms with van der Waals surface area (Å²) in [5, 5.41) is 3.13. The summed E-state index contributed by atoms with van der Waals surface area (Å²) in [6, 6.07) is 32.9. The smallest absolute Gasteiger partial charge is 0.295 e. The highest BCUT2D eigenvalue weighted by molar-refractivity contribution is 5.87. The molecule has 0 heterocycles. The molecule has 0 saturated heterocycles. The number of nitrogens with zero attached hydrogens (tertiary/aromatic N) is 2. The number of aliphatic imine (C=N–C) groups is 1. The van der Waals surface area contributed by atoms with Crippen molar-refractivity contribution in [3.8, 4) is 0 Å². The van der Waals surface area contributed by atoms with Gasteiger partial charge in [-0.2, -0.15) is 4.99 Å². The predicted octanol–water partition coefficient (Wildman–Crippen LogP) is 7.94. The van der Waals surface area contributed by atoms with Crippen molar-refractivity contribution in [1.29, 1.82) is 0 Å². The van der Waals surface area contributed by atoms with Crippen LogP contribution in [0.1, 0.15) is 29.2 Å². The number of nitrogens with one attached hydrogen (secondary N) is 1. The highest BCUT2D eigenvalue weighted by atomic mass is 16.5. The fraction of sp³-hybridized carbons (Fsp3) is 0.152. The van der Waals surface area contributed by atoms with Crippen molar-refractivity contribution in [2.75, 3.05) is 11.4 Å². The van der Waals surface area contributed by atoms with Crippen LogP contribution in [0.25, 0.3) is 6.08 Å². The normalized spacial score (nSPS) is 11.7. The molecule has 4 rings (SSSR count). The van der Waals surface area contributed by atoms with E-state index >= 15 is 0 Å². The van der Waals surface area contributed by atoms with Crippen molar-refractivity contribution < 1.29 is 9.53 Å². The third-order valence-electron chi connectivity index (χ3n) is 6.00. The van der Waals surface area contributed by atoms with Gasteiger partial charge in [0.15, 0.2) is 12.0 Å². The summed E-state index contributed by atoms with van der Waals surface area (Å²) in [7, 11) is 0. The molecule has 0 unspecified atom stereocenters. The Kier molecular flexibility index (Phi) is 8.73. The number of carbonyl (C=O) groups is 1. The van der Waals surface area contributed by atoms with Gasteiger partial charge in [0, 0.05) is 23.6 Å². The standard InChI is InChI=1S/C33H33N3O2/c1-5-34-33(35-32-25(3)20-24(2)21-26(32)4)38-31(23-37)22-27-16-18-30(19-17-27)36(28-12-8-6-9-13-28)29-14-10-7-11-15-29/h6-23H,5H2,1-4H3,(H,34,35)/b31-22+. The first kappa shape index (κ1) is 26.4. The number of carbonyl (C=O) groups excluding carboxylic acids is 1. The van der Waals surface area contributed by atoms with Crippen LogP contribution in [-0.2, 0) is 9.53 Å². The molecule has 0 amide bonds. The van der Waals surface area contributed by atoms with E-state index in [1.807, 2.05) is 81.4 Å². The zero-order valence-corrected chi connectivity index (χ0v) is 22.3. The lowest BCUT2D eigenvalue weighted by Gasteiger charge is -2.25. The van der Waals surface area contributed by atoms with Crippen LogP contribution in [0.5, 0.6) is 0 Å². The van der Waals surface area contributed by atoms with Crippen molar-refractivity contribution in [3.05, 3.63) is 125 Å². The van der Waals surface area contributed by atoms with Crippen LogP contribution >= 0.6 is 0 Å². The first-order chi connectivity index (χ1) is 18.5. The summed E-state index contributed by atoms with van der Waals surface area (Å²) < 4.78 is 5.93. The Morgan fingerprint density at radius 2 is 1.34 bits per heavy atom. The molecule has 4 aromatic rings. The fourth-order valence-electron chi connectivity index (χ4n) is 4.38. The van der Waals surface area contributed by atoms with Crippen LogP contribution in [0.3, 0.4) is 0 Å². The number of hydrogen-bond acceptors (Lipinski definition) is 4. The second-order valence-electron chi connectivity index (χ2n) is 9.06. The molecule has 0 aliphatic rings. The molecule has 0 atom stereocenters. The van der Waals surface area contributed by atoms with E-state index in [1.54, 1.807) is 6.08 Å². The van der Waals surface area contributed by atoms with E-state index in [2.05, 4.69) is 53.5 Å². The highest BCUT2D eigenvalue weighted by Gasteiger charge is 2.12. The van der Waals surface area contributed by atoms with Gasteiger partial charge in [0.1, 0.15) is 0 Å². The van der Waals surface area contributed by atoms with Crippen LogP contribution in [-0.4, -0.2) is 18.9 Å². The van der Waals surface area contributed by atoms with Gasteiger partial charge in [0.2, 0.25) is 0 Å². The summed E-state index contributed by atoms with van der Waals surface area (Å²) in [5.74, 6) is 0.169. The Bertz CT molecular complexity index is 1360. The number of anilines is 3. The zero-order chi connectivity index (χ0) is 26.9. The molecule has 0 spiro atoms. The van der Waals surface area contributed by atoms with E-state index in [1.165, 1.54) is 5.56 Å². The van der Waals surface area contributed by atoms with Crippen LogP contribution < -0.4 is 10.2 Å². The van der Waals surface area contributed by atoms with Gasteiger partial charge >= 0.3 is 0 Å². The van der Waals surface area contributed by atoms with Crippen molar-refractivity contribution in [2.24, 2.45) is 4.99 Å². The lowest BCUT2D eigenvalue weighted by Crippen LogP contribution is -2.25. The maximum absolute atomic E-state index is 11.9. The Morgan fingerprint density at radius 1 is 0.816 bits per heavy atom. The molecule has 0 bridgehead atoms. The average molecular weight is 504 g/mol. The number of aryl methyl sites for hydroxylation is 3. The van der Waals surface area contributed by atoms with E-state index in [0.29, 0.717) is 12.8 Å². The van der Waals surface area contributed by atoms with Gasteiger partial charge in [-0.05, 0) is 86.9 Å². The number of allylic oxidation sites excluding steroid dienone is 1. The fourth-order valence-corrected chi connectivity index (χ4v) is 4.38. The third kappa shape index (κ3) is 6.56. The quantitative estimate of drug-likeness (QED) is 0.0872. The first-order valence-electron chi connectivity index (χ1n) is 12.7. The number of aldehydes is 1. The summed E-state index contributed by atoms with van der Waals surface area (Å²) in [5.41, 5.74) is 8.09. The van der Waals surface area contributed by atoms with Gasteiger partial charge in [-0.1, -0.05) is 66.2 Å². The molecule has 5 heteroatoms. The van der Waals surface area contributed by atoms with Gasteiger partial charge < -0.3 is 15.0 Å². The number of ether oxygens (including phenoxy) is 1. The topological polar surface area (TPSA) is 53.9 Å². The van der Waals surface area contributed by atoms with E-state index < -0.39 is 0 Å². The Labute approximate surface area is 225 Å². The minimum Gasteiger partial charge on any atom is -0.422 e. The monoisotopic (exact) mass is 503 g/mol. The number of hydrogen-bond donors (Lipinski definition) is 1. The van der Waals surface area contributed by atoms with Gasteiger partial charge in [0.05, 0.1) is 5.69 Å². The largest absolute Gasteiger partial charge is 0.422 e. The van der Waals surface area contributed by atoms with E-state index in [0.717, 1.165) is 39.4 Å². The molecule has 1 N–H and O–H groups in total. The van der Waals surface area contributed by atoms with Gasteiger partial charge in [-0.25, -0.2) is 0 Å². The zero-order valence-electron chi connectivity index (χ0n) is 22.3. The summed E-state index contributed by atoms with van der Waals surface area (Å²) in [6.45, 7) is 8.68. The molecule has 0 aromatic heterocycles. The molecular formula is C33H33N3O2. The SMILES string of the molecule is CCNC(=Nc1c(C)cc(C)cc1C)O/C(C=O)=C/c1ccc(N(c2ccccc2)c2ccccc2)cc1. The molecular weight excluding hydrogens is 470 g/mol. The first-order valence-corrected chi connectivity index (χ1v) is 12.7. The van der Waals surface area contributed by atoms with Gasteiger partial charge in [-0.15, -0.1) is 0 Å². The lowest BCUT2D eigenvalue weighted by atomic mass is 10.1. The molecule has 0 fully saturated rings. The second kappa shape index (κ2) is 12.5. The highest BCUT2D eigenvalue weighted by Crippen LogP contribution is 2.34. The Hall–Kier alpha value is -4.64. The van der Waals surface area contributed by atoms with Crippen LogP contribution in [0, 0.1) is 20.8 Å². The minimum absolute atomic E-state index is 0.169. The maximum atomic E-state index is 11.9. The van der Waals surface area contributed by atoms with E-state index in [4.69, 9.17) is 9.73 Å². The van der Waals surface area contributed by atoms with Crippen LogP contribution in [0.4, 0.5) is 22.7 Å². The molecule has 192 valence electrons. The lowest BCUT2D eigenvalue weighted by molar-refractivity contribution is -0.106. The molecule has 0 radical (unpaired) electrons.